The van der Waals surface area contributed by atoms with Gasteiger partial charge in [-0.15, -0.1) is 0 Å². The summed E-state index contributed by atoms with van der Waals surface area (Å²) in [6, 6.07) is 14.5. The van der Waals surface area contributed by atoms with E-state index in [2.05, 4.69) is 15.5 Å². The van der Waals surface area contributed by atoms with Crippen molar-refractivity contribution in [3.05, 3.63) is 94.7 Å². The maximum Gasteiger partial charge on any atom is 0.410 e. The van der Waals surface area contributed by atoms with E-state index in [4.69, 9.17) is 24.1 Å². The van der Waals surface area contributed by atoms with Crippen LogP contribution in [-0.4, -0.2) is 67.6 Å². The van der Waals surface area contributed by atoms with Crippen molar-refractivity contribution in [1.82, 2.24) is 35.1 Å². The number of ether oxygens (including phenoxy) is 2. The first-order valence-corrected chi connectivity index (χ1v) is 16.8. The quantitative estimate of drug-likeness (QED) is 0.183. The zero-order valence-corrected chi connectivity index (χ0v) is 29.9. The second-order valence-corrected chi connectivity index (χ2v) is 14.6. The Morgan fingerprint density at radius 2 is 1.82 bits per heavy atom. The predicted octanol–water partition coefficient (Wildman–Crippen LogP) is 6.93. The van der Waals surface area contributed by atoms with Crippen molar-refractivity contribution in [3.8, 4) is 16.9 Å². The van der Waals surface area contributed by atoms with E-state index in [1.54, 1.807) is 24.3 Å². The van der Waals surface area contributed by atoms with Gasteiger partial charge in [-0.3, -0.25) is 4.79 Å². The number of hydrogen-bond donors (Lipinski definition) is 1. The summed E-state index contributed by atoms with van der Waals surface area (Å²) in [5.41, 5.74) is 3.95. The molecule has 0 spiro atoms. The molecule has 3 aromatic heterocycles. The average Bonchev–Trinajstić information content (AvgIpc) is 3.84. The minimum Gasteiger partial charge on any atom is -0.497 e. The van der Waals surface area contributed by atoms with Crippen LogP contribution in [0.5, 0.6) is 5.75 Å². The standard InChI is InChI=1S/C38H42FN7O5/c1-37(2,3)35-42-32(44-51-35)34(47)41-20-26-11-10-25(19-29(26)39)28-14-16-40-33-31(28)30(43-46(33)22-23-8-12-27(49-7)13-9-23)18-24-15-17-45(21-24)36(48)50-38(4,5)6/h8-14,16,18-19H,15,17,20-22H2,1-7H3,(H,41,47)/b24-18-. The van der Waals surface area contributed by atoms with Crippen molar-refractivity contribution in [2.45, 2.75) is 72.1 Å². The van der Waals surface area contributed by atoms with E-state index in [0.29, 0.717) is 54.4 Å². The van der Waals surface area contributed by atoms with Gasteiger partial charge < -0.3 is 24.2 Å². The van der Waals surface area contributed by atoms with Crippen LogP contribution in [0.1, 0.15) is 81.3 Å². The Bertz CT molecular complexity index is 2110. The van der Waals surface area contributed by atoms with Crippen molar-refractivity contribution in [2.24, 2.45) is 0 Å². The molecular weight excluding hydrogens is 653 g/mol. The fourth-order valence-electron chi connectivity index (χ4n) is 5.69. The average molecular weight is 696 g/mol. The van der Waals surface area contributed by atoms with Gasteiger partial charge in [0.25, 0.3) is 11.7 Å². The summed E-state index contributed by atoms with van der Waals surface area (Å²) in [5, 5.41) is 12.2. The molecule has 0 atom stereocenters. The topological polar surface area (TPSA) is 138 Å². The van der Waals surface area contributed by atoms with Crippen LogP contribution < -0.4 is 10.1 Å². The van der Waals surface area contributed by atoms with Crippen LogP contribution in [0.15, 0.2) is 64.8 Å². The molecule has 51 heavy (non-hydrogen) atoms. The number of carbonyl (C=O) groups excluding carboxylic acids is 2. The highest BCUT2D eigenvalue weighted by Crippen LogP contribution is 2.34. The molecule has 2 amide bonds. The van der Waals surface area contributed by atoms with Gasteiger partial charge in [0.05, 0.1) is 24.7 Å². The molecule has 1 aliphatic rings. The van der Waals surface area contributed by atoms with Gasteiger partial charge in [0.15, 0.2) is 5.65 Å². The highest BCUT2D eigenvalue weighted by atomic mass is 19.1. The zero-order chi connectivity index (χ0) is 36.5. The van der Waals surface area contributed by atoms with E-state index in [0.717, 1.165) is 27.8 Å². The third-order valence-corrected chi connectivity index (χ3v) is 8.31. The molecule has 0 saturated carbocycles. The number of amides is 2. The number of hydrogen-bond acceptors (Lipinski definition) is 9. The van der Waals surface area contributed by atoms with Gasteiger partial charge in [-0.05, 0) is 79.8 Å². The van der Waals surface area contributed by atoms with Crippen molar-refractivity contribution in [2.75, 3.05) is 20.2 Å². The molecule has 12 nitrogen and oxygen atoms in total. The lowest BCUT2D eigenvalue weighted by Crippen LogP contribution is -2.34. The number of aromatic nitrogens is 5. The number of fused-ring (bicyclic) bond motifs is 1. The molecule has 0 bridgehead atoms. The Kier molecular flexibility index (Phi) is 9.65. The highest BCUT2D eigenvalue weighted by Gasteiger charge is 2.28. The number of nitrogens with one attached hydrogen (secondary N) is 1. The smallest absolute Gasteiger partial charge is 0.410 e. The molecule has 0 radical (unpaired) electrons. The number of nitrogens with zero attached hydrogens (tertiary/aromatic N) is 6. The Balaban J connectivity index is 1.31. The van der Waals surface area contributed by atoms with Gasteiger partial charge in [0.2, 0.25) is 5.89 Å². The number of benzene rings is 2. The van der Waals surface area contributed by atoms with Crippen LogP contribution in [0, 0.1) is 5.82 Å². The van der Waals surface area contributed by atoms with Crippen LogP contribution in [0.4, 0.5) is 9.18 Å². The van der Waals surface area contributed by atoms with Crippen molar-refractivity contribution in [3.63, 3.8) is 0 Å². The normalized spacial score (nSPS) is 14.4. The SMILES string of the molecule is COc1ccc(Cn2nc(/C=C3/CCN(C(=O)OC(C)(C)C)C3)c3c(-c4ccc(CNC(=O)c5noc(C(C)(C)C)n5)c(F)c4)ccnc32)cc1. The Morgan fingerprint density at radius 1 is 1.06 bits per heavy atom. The van der Waals surface area contributed by atoms with Gasteiger partial charge in [0.1, 0.15) is 17.2 Å². The highest BCUT2D eigenvalue weighted by molar-refractivity contribution is 5.98. The van der Waals surface area contributed by atoms with Crippen LogP contribution >= 0.6 is 0 Å². The maximum atomic E-state index is 15.7. The predicted molar refractivity (Wildman–Crippen MR) is 190 cm³/mol. The molecule has 4 heterocycles. The van der Waals surface area contributed by atoms with Crippen LogP contribution in [-0.2, 0) is 23.2 Å². The minimum absolute atomic E-state index is 0.0681. The summed E-state index contributed by atoms with van der Waals surface area (Å²) >= 11 is 0. The summed E-state index contributed by atoms with van der Waals surface area (Å²) in [5.74, 6) is -0.0770. The monoisotopic (exact) mass is 695 g/mol. The maximum absolute atomic E-state index is 15.7. The van der Waals surface area contributed by atoms with Gasteiger partial charge in [0, 0.05) is 36.8 Å². The number of rotatable bonds is 8. The van der Waals surface area contributed by atoms with Gasteiger partial charge in [-0.2, -0.15) is 10.1 Å². The summed E-state index contributed by atoms with van der Waals surface area (Å²) in [6.07, 6.45) is 3.98. The van der Waals surface area contributed by atoms with Crippen molar-refractivity contribution >= 4 is 29.1 Å². The first-order chi connectivity index (χ1) is 24.2. The summed E-state index contributed by atoms with van der Waals surface area (Å²) in [6.45, 7) is 12.5. The molecule has 0 unspecified atom stereocenters. The van der Waals surface area contributed by atoms with Gasteiger partial charge in [-0.1, -0.05) is 50.2 Å². The van der Waals surface area contributed by atoms with Crippen molar-refractivity contribution < 1.29 is 28.0 Å². The van der Waals surface area contributed by atoms with E-state index in [9.17, 15) is 9.59 Å². The van der Waals surface area contributed by atoms with Crippen LogP contribution in [0.25, 0.3) is 28.2 Å². The van der Waals surface area contributed by atoms with Crippen LogP contribution in [0.2, 0.25) is 0 Å². The molecule has 1 N–H and O–H groups in total. The second-order valence-electron chi connectivity index (χ2n) is 14.6. The van der Waals surface area contributed by atoms with E-state index in [-0.39, 0.29) is 18.5 Å². The molecule has 266 valence electrons. The molecule has 6 rings (SSSR count). The lowest BCUT2D eigenvalue weighted by atomic mass is 9.97. The fraction of sp³-hybridized carbons (Fsp3) is 0.368. The van der Waals surface area contributed by atoms with E-state index in [1.807, 2.05) is 88.7 Å². The molecule has 5 aromatic rings. The summed E-state index contributed by atoms with van der Waals surface area (Å²) in [4.78, 5) is 36.0. The van der Waals surface area contributed by atoms with Gasteiger partial charge in [-0.25, -0.2) is 18.9 Å². The van der Waals surface area contributed by atoms with Crippen LogP contribution in [0.3, 0.4) is 0 Å². The molecule has 1 aliphatic heterocycles. The molecule has 0 aliphatic carbocycles. The lowest BCUT2D eigenvalue weighted by molar-refractivity contribution is 0.0299. The number of pyridine rings is 1. The summed E-state index contributed by atoms with van der Waals surface area (Å²) in [7, 11) is 1.62. The number of methoxy groups -OCH3 is 1. The number of likely N-dealkylation sites (tertiary alicyclic amines) is 1. The third-order valence-electron chi connectivity index (χ3n) is 8.31. The largest absolute Gasteiger partial charge is 0.497 e. The fourth-order valence-corrected chi connectivity index (χ4v) is 5.69. The van der Waals surface area contributed by atoms with Crippen molar-refractivity contribution in [1.29, 1.82) is 0 Å². The number of carbonyl (C=O) groups is 2. The first-order valence-electron chi connectivity index (χ1n) is 16.8. The second kappa shape index (κ2) is 14.0. The van der Waals surface area contributed by atoms with Gasteiger partial charge >= 0.3 is 6.09 Å². The lowest BCUT2D eigenvalue weighted by Gasteiger charge is -2.23. The Hall–Kier alpha value is -5.59. The molecule has 1 saturated heterocycles. The molecule has 2 aromatic carbocycles. The summed E-state index contributed by atoms with van der Waals surface area (Å²) < 4.78 is 33.6. The zero-order valence-electron chi connectivity index (χ0n) is 29.9. The Labute approximate surface area is 295 Å². The van der Waals surface area contributed by atoms with E-state index < -0.39 is 22.7 Å². The van der Waals surface area contributed by atoms with E-state index >= 15 is 4.39 Å². The molecule has 13 heteroatoms. The van der Waals surface area contributed by atoms with E-state index in [1.165, 1.54) is 6.07 Å². The third kappa shape index (κ3) is 8.08. The first kappa shape index (κ1) is 35.2. The minimum atomic E-state index is -0.596. The molecule has 1 fully saturated rings. The number of halogens is 1. The Morgan fingerprint density at radius 3 is 2.49 bits per heavy atom. The molecular formula is C38H42FN7O5.